The molecule has 0 atom stereocenters. The second-order valence-electron chi connectivity index (χ2n) is 6.36. The van der Waals surface area contributed by atoms with Crippen LogP contribution in [0, 0.1) is 0 Å². The number of benzene rings is 3. The number of amides is 1. The van der Waals surface area contributed by atoms with Gasteiger partial charge in [0, 0.05) is 17.8 Å². The van der Waals surface area contributed by atoms with Gasteiger partial charge in [-0.05, 0) is 30.8 Å². The molecular formula is C23H24N2O2. The first-order valence-corrected chi connectivity index (χ1v) is 9.03. The molecule has 4 nitrogen and oxygen atoms in total. The van der Waals surface area contributed by atoms with Gasteiger partial charge in [0.25, 0.3) is 0 Å². The van der Waals surface area contributed by atoms with Crippen molar-refractivity contribution in [3.05, 3.63) is 84.9 Å². The molecule has 3 aromatic carbocycles. The van der Waals surface area contributed by atoms with Crippen molar-refractivity contribution in [1.82, 2.24) is 4.90 Å². The normalized spacial score (nSPS) is 10.6. The molecule has 0 radical (unpaired) electrons. The fourth-order valence-electron chi connectivity index (χ4n) is 2.81. The van der Waals surface area contributed by atoms with Crippen molar-refractivity contribution in [3.8, 4) is 16.9 Å². The Morgan fingerprint density at radius 1 is 0.889 bits per heavy atom. The molecule has 1 amide bonds. The number of para-hydroxylation sites is 2. The van der Waals surface area contributed by atoms with E-state index in [0.717, 1.165) is 22.6 Å². The topological polar surface area (TPSA) is 41.6 Å². The van der Waals surface area contributed by atoms with Gasteiger partial charge >= 0.3 is 0 Å². The van der Waals surface area contributed by atoms with E-state index in [1.807, 2.05) is 96.9 Å². The number of rotatable bonds is 8. The molecule has 138 valence electrons. The van der Waals surface area contributed by atoms with Gasteiger partial charge in [0.15, 0.2) is 0 Å². The quantitative estimate of drug-likeness (QED) is 0.651. The van der Waals surface area contributed by atoms with Crippen LogP contribution in [0.5, 0.6) is 5.75 Å². The van der Waals surface area contributed by atoms with E-state index in [0.29, 0.717) is 19.7 Å². The molecule has 0 aromatic heterocycles. The van der Waals surface area contributed by atoms with Gasteiger partial charge in [0.2, 0.25) is 5.91 Å². The molecule has 0 fully saturated rings. The fourth-order valence-corrected chi connectivity index (χ4v) is 2.81. The van der Waals surface area contributed by atoms with Crippen molar-refractivity contribution >= 4 is 11.6 Å². The Labute approximate surface area is 160 Å². The molecule has 4 heteroatoms. The zero-order chi connectivity index (χ0) is 18.9. The van der Waals surface area contributed by atoms with Crippen molar-refractivity contribution in [2.75, 3.05) is 32.1 Å². The lowest BCUT2D eigenvalue weighted by molar-refractivity contribution is -0.117. The molecule has 0 unspecified atom stereocenters. The van der Waals surface area contributed by atoms with Crippen LogP contribution in [0.3, 0.4) is 0 Å². The molecule has 3 rings (SSSR count). The number of ether oxygens (including phenoxy) is 1. The fraction of sp³-hybridized carbons (Fsp3) is 0.174. The average molecular weight is 360 g/mol. The monoisotopic (exact) mass is 360 g/mol. The third kappa shape index (κ3) is 5.69. The average Bonchev–Trinajstić information content (AvgIpc) is 2.70. The molecule has 0 saturated carbocycles. The summed E-state index contributed by atoms with van der Waals surface area (Å²) < 4.78 is 5.68. The van der Waals surface area contributed by atoms with Crippen LogP contribution in [0.15, 0.2) is 84.9 Å². The number of carbonyl (C=O) groups excluding carboxylic acids is 1. The maximum atomic E-state index is 12.4. The van der Waals surface area contributed by atoms with Crippen LogP contribution in [0.1, 0.15) is 0 Å². The zero-order valence-electron chi connectivity index (χ0n) is 15.5. The molecule has 3 aromatic rings. The molecule has 1 N–H and O–H groups in total. The molecule has 0 aliphatic carbocycles. The standard InChI is InChI=1S/C23H24N2O2/c1-25(16-17-27-20-12-6-3-7-13-20)18-23(26)24-22-15-9-8-14-21(22)19-10-4-2-5-11-19/h2-15H,16-18H2,1H3,(H,24,26). The Hall–Kier alpha value is -3.11. The molecule has 0 aliphatic heterocycles. The van der Waals surface area contributed by atoms with E-state index < -0.39 is 0 Å². The maximum Gasteiger partial charge on any atom is 0.238 e. The van der Waals surface area contributed by atoms with E-state index in [-0.39, 0.29) is 5.91 Å². The minimum absolute atomic E-state index is 0.0411. The van der Waals surface area contributed by atoms with Crippen LogP contribution < -0.4 is 10.1 Å². The van der Waals surface area contributed by atoms with Gasteiger partial charge in [-0.15, -0.1) is 0 Å². The SMILES string of the molecule is CN(CCOc1ccccc1)CC(=O)Nc1ccccc1-c1ccccc1. The summed E-state index contributed by atoms with van der Waals surface area (Å²) in [4.78, 5) is 14.4. The first-order chi connectivity index (χ1) is 13.2. The Morgan fingerprint density at radius 3 is 2.26 bits per heavy atom. The number of nitrogens with one attached hydrogen (secondary N) is 1. The number of anilines is 1. The van der Waals surface area contributed by atoms with E-state index >= 15 is 0 Å². The van der Waals surface area contributed by atoms with Gasteiger partial charge in [-0.25, -0.2) is 0 Å². The van der Waals surface area contributed by atoms with Gasteiger partial charge in [0.05, 0.1) is 6.54 Å². The first kappa shape index (κ1) is 18.7. The van der Waals surface area contributed by atoms with Crippen molar-refractivity contribution < 1.29 is 9.53 Å². The molecular weight excluding hydrogens is 336 g/mol. The molecule has 0 saturated heterocycles. The molecule has 0 spiro atoms. The maximum absolute atomic E-state index is 12.4. The predicted molar refractivity (Wildman–Crippen MR) is 110 cm³/mol. The Morgan fingerprint density at radius 2 is 1.52 bits per heavy atom. The number of hydrogen-bond acceptors (Lipinski definition) is 3. The van der Waals surface area contributed by atoms with Crippen LogP contribution in [-0.4, -0.2) is 37.6 Å². The summed E-state index contributed by atoms with van der Waals surface area (Å²) in [6.07, 6.45) is 0. The van der Waals surface area contributed by atoms with Gasteiger partial charge in [-0.1, -0.05) is 66.7 Å². The minimum atomic E-state index is -0.0411. The Kier molecular flexibility index (Phi) is 6.61. The number of carbonyl (C=O) groups is 1. The number of nitrogens with zero attached hydrogens (tertiary/aromatic N) is 1. The van der Waals surface area contributed by atoms with E-state index in [4.69, 9.17) is 4.74 Å². The number of hydrogen-bond donors (Lipinski definition) is 1. The second kappa shape index (κ2) is 9.55. The van der Waals surface area contributed by atoms with Crippen LogP contribution in [-0.2, 0) is 4.79 Å². The molecule has 0 aliphatic rings. The van der Waals surface area contributed by atoms with Gasteiger partial charge in [0.1, 0.15) is 12.4 Å². The lowest BCUT2D eigenvalue weighted by Crippen LogP contribution is -2.33. The molecule has 27 heavy (non-hydrogen) atoms. The lowest BCUT2D eigenvalue weighted by atomic mass is 10.0. The predicted octanol–water partition coefficient (Wildman–Crippen LogP) is 4.30. The summed E-state index contributed by atoms with van der Waals surface area (Å²) in [5.74, 6) is 0.799. The summed E-state index contributed by atoms with van der Waals surface area (Å²) in [6.45, 7) is 1.51. The molecule has 0 heterocycles. The highest BCUT2D eigenvalue weighted by atomic mass is 16.5. The summed E-state index contributed by atoms with van der Waals surface area (Å²) in [7, 11) is 1.91. The second-order valence-corrected chi connectivity index (χ2v) is 6.36. The minimum Gasteiger partial charge on any atom is -0.492 e. The summed E-state index contributed by atoms with van der Waals surface area (Å²) in [6, 6.07) is 27.6. The first-order valence-electron chi connectivity index (χ1n) is 9.03. The van der Waals surface area contributed by atoms with Crippen LogP contribution >= 0.6 is 0 Å². The van der Waals surface area contributed by atoms with Gasteiger partial charge < -0.3 is 10.1 Å². The third-order valence-corrected chi connectivity index (χ3v) is 4.18. The van der Waals surface area contributed by atoms with Crippen molar-refractivity contribution in [1.29, 1.82) is 0 Å². The smallest absolute Gasteiger partial charge is 0.238 e. The van der Waals surface area contributed by atoms with E-state index in [1.165, 1.54) is 0 Å². The third-order valence-electron chi connectivity index (χ3n) is 4.18. The Balaban J connectivity index is 1.52. The van der Waals surface area contributed by atoms with Crippen LogP contribution in [0.2, 0.25) is 0 Å². The highest BCUT2D eigenvalue weighted by Crippen LogP contribution is 2.27. The zero-order valence-corrected chi connectivity index (χ0v) is 15.5. The van der Waals surface area contributed by atoms with Crippen molar-refractivity contribution in [2.24, 2.45) is 0 Å². The van der Waals surface area contributed by atoms with Gasteiger partial charge in [-0.2, -0.15) is 0 Å². The highest BCUT2D eigenvalue weighted by molar-refractivity contribution is 5.96. The summed E-state index contributed by atoms with van der Waals surface area (Å²) >= 11 is 0. The van der Waals surface area contributed by atoms with E-state index in [9.17, 15) is 4.79 Å². The number of likely N-dealkylation sites (N-methyl/N-ethyl adjacent to an activating group) is 1. The highest BCUT2D eigenvalue weighted by Gasteiger charge is 2.10. The largest absolute Gasteiger partial charge is 0.492 e. The van der Waals surface area contributed by atoms with Crippen molar-refractivity contribution in [3.63, 3.8) is 0 Å². The van der Waals surface area contributed by atoms with Gasteiger partial charge in [-0.3, -0.25) is 9.69 Å². The van der Waals surface area contributed by atoms with Crippen molar-refractivity contribution in [2.45, 2.75) is 0 Å². The van der Waals surface area contributed by atoms with E-state index in [1.54, 1.807) is 0 Å². The lowest BCUT2D eigenvalue weighted by Gasteiger charge is -2.17. The summed E-state index contributed by atoms with van der Waals surface area (Å²) in [5, 5.41) is 3.03. The van der Waals surface area contributed by atoms with E-state index in [2.05, 4.69) is 5.32 Å². The molecule has 0 bridgehead atoms. The van der Waals surface area contributed by atoms with Crippen LogP contribution in [0.25, 0.3) is 11.1 Å². The summed E-state index contributed by atoms with van der Waals surface area (Å²) in [5.41, 5.74) is 2.92. The Bertz CT molecular complexity index is 851. The van der Waals surface area contributed by atoms with Crippen LogP contribution in [0.4, 0.5) is 5.69 Å².